The third-order valence-electron chi connectivity index (χ3n) is 3.27. The first-order chi connectivity index (χ1) is 12.4. The molecule has 1 amide bonds. The monoisotopic (exact) mass is 416 g/mol. The first-order valence-corrected chi connectivity index (χ1v) is 9.38. The van der Waals surface area contributed by atoms with Gasteiger partial charge < -0.3 is 9.30 Å². The van der Waals surface area contributed by atoms with Crippen molar-refractivity contribution in [2.75, 3.05) is 6.61 Å². The number of hydrogen-bond acceptors (Lipinski definition) is 5. The fourth-order valence-electron chi connectivity index (χ4n) is 2.27. The number of aromatic nitrogens is 1. The number of halogens is 3. The van der Waals surface area contributed by atoms with E-state index < -0.39 is 23.5 Å². The largest absolute Gasteiger partial charge is 0.465 e. The summed E-state index contributed by atoms with van der Waals surface area (Å²) in [5.41, 5.74) is -0.0137. The summed E-state index contributed by atoms with van der Waals surface area (Å²) in [6, 6.07) is 4.90. The van der Waals surface area contributed by atoms with Gasteiger partial charge in [0.25, 0.3) is 5.91 Å². The number of esters is 1. The molecule has 0 spiro atoms. The van der Waals surface area contributed by atoms with Gasteiger partial charge in [-0.25, -0.2) is 8.78 Å². The number of fused-ring (bicyclic) bond motifs is 1. The number of carbonyl (C=O) groups is 2. The van der Waals surface area contributed by atoms with Gasteiger partial charge in [0.05, 0.1) is 26.0 Å². The van der Waals surface area contributed by atoms with Crippen molar-refractivity contribution in [1.29, 1.82) is 0 Å². The van der Waals surface area contributed by atoms with E-state index in [0.717, 1.165) is 28.7 Å². The minimum Gasteiger partial charge on any atom is -0.465 e. The summed E-state index contributed by atoms with van der Waals surface area (Å²) in [6.07, 6.45) is 0. The lowest BCUT2D eigenvalue weighted by molar-refractivity contribution is -0.143. The Balaban J connectivity index is 2.16. The lowest BCUT2D eigenvalue weighted by Gasteiger charge is -2.05. The fraction of sp³-hybridized carbons (Fsp3) is 0.188. The van der Waals surface area contributed by atoms with Crippen molar-refractivity contribution in [2.24, 2.45) is 4.99 Å². The average Bonchev–Trinajstić information content (AvgIpc) is 3.12. The van der Waals surface area contributed by atoms with Crippen LogP contribution in [0.1, 0.15) is 16.6 Å². The highest BCUT2D eigenvalue weighted by Gasteiger charge is 2.17. The second-order valence-corrected chi connectivity index (χ2v) is 7.76. The number of rotatable bonds is 4. The summed E-state index contributed by atoms with van der Waals surface area (Å²) < 4.78 is 34.5. The quantitative estimate of drug-likeness (QED) is 0.604. The minimum atomic E-state index is -0.853. The van der Waals surface area contributed by atoms with Gasteiger partial charge in [0.2, 0.25) is 0 Å². The van der Waals surface area contributed by atoms with Crippen LogP contribution in [0.25, 0.3) is 10.2 Å². The normalized spacial score (nSPS) is 11.9. The Morgan fingerprint density at radius 1 is 1.27 bits per heavy atom. The van der Waals surface area contributed by atoms with E-state index in [2.05, 4.69) is 4.99 Å². The van der Waals surface area contributed by atoms with Gasteiger partial charge in [0.1, 0.15) is 12.4 Å². The Hall–Kier alpha value is -2.10. The molecular formula is C16H11ClF2N2O3S2. The van der Waals surface area contributed by atoms with Crippen molar-refractivity contribution < 1.29 is 23.1 Å². The Morgan fingerprint density at radius 3 is 2.69 bits per heavy atom. The third kappa shape index (κ3) is 3.84. The van der Waals surface area contributed by atoms with Crippen molar-refractivity contribution in [3.05, 3.63) is 49.9 Å². The van der Waals surface area contributed by atoms with E-state index in [0.29, 0.717) is 15.3 Å². The summed E-state index contributed by atoms with van der Waals surface area (Å²) >= 11 is 7.76. The molecule has 0 fully saturated rings. The molecule has 136 valence electrons. The SMILES string of the molecule is CCOC(=O)Cn1c(=NC(=O)c2ccc(Cl)s2)sc2cc(F)cc(F)c21. The zero-order valence-electron chi connectivity index (χ0n) is 13.3. The molecule has 0 saturated heterocycles. The molecule has 0 aliphatic carbocycles. The van der Waals surface area contributed by atoms with Crippen LogP contribution in [-0.2, 0) is 16.1 Å². The van der Waals surface area contributed by atoms with E-state index in [1.165, 1.54) is 10.6 Å². The van der Waals surface area contributed by atoms with Gasteiger partial charge in [-0.3, -0.25) is 9.59 Å². The summed E-state index contributed by atoms with van der Waals surface area (Å²) in [7, 11) is 0. The van der Waals surface area contributed by atoms with Crippen LogP contribution in [0.15, 0.2) is 29.3 Å². The second-order valence-electron chi connectivity index (χ2n) is 5.03. The molecule has 10 heteroatoms. The summed E-state index contributed by atoms with van der Waals surface area (Å²) in [4.78, 5) is 28.5. The number of nitrogens with zero attached hydrogens (tertiary/aromatic N) is 2. The summed E-state index contributed by atoms with van der Waals surface area (Å²) in [6.45, 7) is 1.44. The van der Waals surface area contributed by atoms with Crippen molar-refractivity contribution in [3.63, 3.8) is 0 Å². The lowest BCUT2D eigenvalue weighted by atomic mass is 10.3. The molecule has 0 aliphatic rings. The van der Waals surface area contributed by atoms with Crippen LogP contribution >= 0.6 is 34.3 Å². The average molecular weight is 417 g/mol. The van der Waals surface area contributed by atoms with Crippen LogP contribution in [0.4, 0.5) is 8.78 Å². The topological polar surface area (TPSA) is 60.7 Å². The third-order valence-corrected chi connectivity index (χ3v) is 5.51. The van der Waals surface area contributed by atoms with Crippen LogP contribution in [0.5, 0.6) is 0 Å². The van der Waals surface area contributed by atoms with Crippen molar-refractivity contribution in [1.82, 2.24) is 4.57 Å². The van der Waals surface area contributed by atoms with E-state index in [9.17, 15) is 18.4 Å². The molecule has 2 aromatic heterocycles. The molecule has 3 aromatic rings. The lowest BCUT2D eigenvalue weighted by Crippen LogP contribution is -2.23. The molecule has 0 radical (unpaired) electrons. The molecule has 0 N–H and O–H groups in total. The van der Waals surface area contributed by atoms with Gasteiger partial charge in [-0.05, 0) is 25.1 Å². The molecule has 0 atom stereocenters. The first kappa shape index (κ1) is 18.7. The Labute approximate surface area is 159 Å². The molecule has 0 aliphatic heterocycles. The Bertz CT molecular complexity index is 1070. The molecule has 5 nitrogen and oxygen atoms in total. The first-order valence-electron chi connectivity index (χ1n) is 7.37. The van der Waals surface area contributed by atoms with Gasteiger partial charge in [0.15, 0.2) is 10.6 Å². The van der Waals surface area contributed by atoms with Crippen LogP contribution in [0, 0.1) is 11.6 Å². The number of ether oxygens (including phenoxy) is 1. The smallest absolute Gasteiger partial charge is 0.326 e. The van der Waals surface area contributed by atoms with Crippen LogP contribution in [0.3, 0.4) is 0 Å². The molecule has 0 bridgehead atoms. The van der Waals surface area contributed by atoms with Gasteiger partial charge in [-0.1, -0.05) is 22.9 Å². The predicted octanol–water partition coefficient (Wildman–Crippen LogP) is 4.00. The molecular weight excluding hydrogens is 406 g/mol. The van der Waals surface area contributed by atoms with Crippen LogP contribution in [0.2, 0.25) is 4.34 Å². The maximum atomic E-state index is 14.3. The zero-order chi connectivity index (χ0) is 18.8. The maximum Gasteiger partial charge on any atom is 0.326 e. The molecule has 26 heavy (non-hydrogen) atoms. The van der Waals surface area contributed by atoms with Crippen LogP contribution in [-0.4, -0.2) is 23.1 Å². The standard InChI is InChI=1S/C16H11ClF2N2O3S2/c1-2-24-13(22)7-21-14-9(19)5-8(18)6-11(14)26-16(21)20-15(23)10-3-4-12(17)25-10/h3-6H,2,7H2,1H3. The molecule has 2 heterocycles. The van der Waals surface area contributed by atoms with Crippen molar-refractivity contribution >= 4 is 56.4 Å². The van der Waals surface area contributed by atoms with Gasteiger partial charge in [0, 0.05) is 6.07 Å². The molecule has 0 unspecified atom stereocenters. The fourth-order valence-corrected chi connectivity index (χ4v) is 4.26. The van der Waals surface area contributed by atoms with E-state index in [4.69, 9.17) is 16.3 Å². The maximum absolute atomic E-state index is 14.3. The Kier molecular flexibility index (Phi) is 5.49. The van der Waals surface area contributed by atoms with E-state index in [1.54, 1.807) is 13.0 Å². The predicted molar refractivity (Wildman–Crippen MR) is 95.6 cm³/mol. The van der Waals surface area contributed by atoms with Gasteiger partial charge in [-0.15, -0.1) is 11.3 Å². The number of amides is 1. The van der Waals surface area contributed by atoms with E-state index in [1.807, 2.05) is 0 Å². The summed E-state index contributed by atoms with van der Waals surface area (Å²) in [5.74, 6) is -2.83. The minimum absolute atomic E-state index is 0.0137. The molecule has 0 saturated carbocycles. The molecule has 1 aromatic carbocycles. The number of carbonyl (C=O) groups excluding carboxylic acids is 2. The number of benzene rings is 1. The van der Waals surface area contributed by atoms with Crippen molar-refractivity contribution in [3.8, 4) is 0 Å². The Morgan fingerprint density at radius 2 is 2.04 bits per heavy atom. The highest BCUT2D eigenvalue weighted by atomic mass is 35.5. The molecule has 3 rings (SSSR count). The highest BCUT2D eigenvalue weighted by Crippen LogP contribution is 2.24. The van der Waals surface area contributed by atoms with E-state index >= 15 is 0 Å². The van der Waals surface area contributed by atoms with Crippen LogP contribution < -0.4 is 4.80 Å². The second kappa shape index (κ2) is 7.65. The number of hydrogen-bond donors (Lipinski definition) is 0. The van der Waals surface area contributed by atoms with Gasteiger partial charge in [-0.2, -0.15) is 4.99 Å². The summed E-state index contributed by atoms with van der Waals surface area (Å²) in [5, 5.41) is 0. The van der Waals surface area contributed by atoms with E-state index in [-0.39, 0.29) is 28.2 Å². The number of thiophene rings is 1. The highest BCUT2D eigenvalue weighted by molar-refractivity contribution is 7.18. The number of thiazole rings is 1. The zero-order valence-corrected chi connectivity index (χ0v) is 15.7. The van der Waals surface area contributed by atoms with Crippen molar-refractivity contribution in [2.45, 2.75) is 13.5 Å². The van der Waals surface area contributed by atoms with Gasteiger partial charge >= 0.3 is 5.97 Å².